The molecule has 0 saturated carbocycles. The van der Waals surface area contributed by atoms with Gasteiger partial charge in [0.15, 0.2) is 0 Å². The minimum atomic E-state index is -0.154. The van der Waals surface area contributed by atoms with Crippen molar-refractivity contribution < 1.29 is 14.1 Å². The lowest BCUT2D eigenvalue weighted by Gasteiger charge is -2.28. The normalized spacial score (nSPS) is 20.2. The maximum absolute atomic E-state index is 13.0. The Morgan fingerprint density at radius 1 is 1.17 bits per heavy atom. The standard InChI is InChI=1S/C22H24Cl2N4O2/c1-28(11-3-4-12-28)26-22(29)19-14-21(15-5-8-17(30-2)9-6-15)27(25-19)20-10-7-16(23)13-18(20)24/h5-10,13,21H,3-4,11-12,14H2,1-2H3/p+1. The average molecular weight is 448 g/mol. The van der Waals surface area contributed by atoms with E-state index in [0.717, 1.165) is 37.2 Å². The first-order chi connectivity index (χ1) is 14.4. The number of nitrogens with one attached hydrogen (secondary N) is 1. The lowest BCUT2D eigenvalue weighted by atomic mass is 10.0. The van der Waals surface area contributed by atoms with Gasteiger partial charge in [-0.1, -0.05) is 35.3 Å². The van der Waals surface area contributed by atoms with Crippen LogP contribution < -0.4 is 15.2 Å². The lowest BCUT2D eigenvalue weighted by Crippen LogP contribution is -2.56. The van der Waals surface area contributed by atoms with Crippen molar-refractivity contribution in [3.05, 3.63) is 58.1 Å². The molecule has 2 aliphatic rings. The van der Waals surface area contributed by atoms with Crippen LogP contribution in [0.1, 0.15) is 30.9 Å². The van der Waals surface area contributed by atoms with Gasteiger partial charge in [-0.15, -0.1) is 0 Å². The van der Waals surface area contributed by atoms with E-state index >= 15 is 0 Å². The molecule has 1 N–H and O–H groups in total. The zero-order valence-corrected chi connectivity index (χ0v) is 18.6. The van der Waals surface area contributed by atoms with Gasteiger partial charge in [0.05, 0.1) is 30.9 Å². The Balaban J connectivity index is 1.65. The van der Waals surface area contributed by atoms with Crippen molar-refractivity contribution in [1.29, 1.82) is 0 Å². The van der Waals surface area contributed by atoms with Crippen LogP contribution in [0.25, 0.3) is 0 Å². The summed E-state index contributed by atoms with van der Waals surface area (Å²) in [5.41, 5.74) is 5.38. The van der Waals surface area contributed by atoms with E-state index in [-0.39, 0.29) is 11.9 Å². The first kappa shape index (κ1) is 21.0. The predicted octanol–water partition coefficient (Wildman–Crippen LogP) is 4.58. The van der Waals surface area contributed by atoms with E-state index in [1.807, 2.05) is 35.3 Å². The summed E-state index contributed by atoms with van der Waals surface area (Å²) in [5, 5.41) is 7.55. The molecule has 1 amide bonds. The molecule has 4 rings (SSSR count). The van der Waals surface area contributed by atoms with Gasteiger partial charge in [-0.2, -0.15) is 10.5 Å². The van der Waals surface area contributed by atoms with Crippen LogP contribution in [0.4, 0.5) is 5.69 Å². The number of rotatable bonds is 5. The fourth-order valence-electron chi connectivity index (χ4n) is 4.08. The quantitative estimate of drug-likeness (QED) is 0.682. The molecule has 6 nitrogen and oxygen atoms in total. The summed E-state index contributed by atoms with van der Waals surface area (Å²) < 4.78 is 5.82. The van der Waals surface area contributed by atoms with Crippen LogP contribution in [-0.4, -0.2) is 43.5 Å². The number of hydrogen-bond acceptors (Lipinski definition) is 4. The molecule has 1 atom stereocenters. The van der Waals surface area contributed by atoms with Gasteiger partial charge >= 0.3 is 5.91 Å². The highest BCUT2D eigenvalue weighted by atomic mass is 35.5. The number of methoxy groups -OCH3 is 1. The summed E-state index contributed by atoms with van der Waals surface area (Å²) in [7, 11) is 3.69. The fourth-order valence-corrected chi connectivity index (χ4v) is 4.57. The van der Waals surface area contributed by atoms with Crippen LogP contribution in [0, 0.1) is 0 Å². The number of amides is 1. The molecule has 8 heteroatoms. The van der Waals surface area contributed by atoms with Crippen LogP contribution in [0.3, 0.4) is 0 Å². The highest BCUT2D eigenvalue weighted by Gasteiger charge is 2.37. The molecule has 0 aliphatic carbocycles. The molecule has 1 unspecified atom stereocenters. The van der Waals surface area contributed by atoms with Gasteiger partial charge in [-0.25, -0.2) is 4.59 Å². The fraction of sp³-hybridized carbons (Fsp3) is 0.364. The topological polar surface area (TPSA) is 53.9 Å². The minimum Gasteiger partial charge on any atom is -0.497 e. The molecule has 1 saturated heterocycles. The van der Waals surface area contributed by atoms with Gasteiger partial charge in [0, 0.05) is 24.3 Å². The van der Waals surface area contributed by atoms with Crippen molar-refractivity contribution in [3.63, 3.8) is 0 Å². The van der Waals surface area contributed by atoms with Gasteiger partial charge in [0.1, 0.15) is 24.6 Å². The number of hydrogen-bond donors (Lipinski definition) is 1. The molecule has 2 aliphatic heterocycles. The Hall–Kier alpha value is -2.28. The molecule has 0 bridgehead atoms. The molecule has 2 aromatic rings. The number of anilines is 1. The summed E-state index contributed by atoms with van der Waals surface area (Å²) >= 11 is 12.6. The Kier molecular flexibility index (Phi) is 5.91. The third-order valence-corrected chi connectivity index (χ3v) is 6.29. The van der Waals surface area contributed by atoms with Gasteiger partial charge in [0.25, 0.3) is 0 Å². The van der Waals surface area contributed by atoms with E-state index in [9.17, 15) is 4.79 Å². The maximum atomic E-state index is 13.0. The summed E-state index contributed by atoms with van der Waals surface area (Å²) in [6.45, 7) is 1.88. The van der Waals surface area contributed by atoms with E-state index in [1.165, 1.54) is 0 Å². The van der Waals surface area contributed by atoms with Crippen LogP contribution in [0.5, 0.6) is 5.75 Å². The molecule has 158 valence electrons. The molecule has 0 spiro atoms. The second kappa shape index (κ2) is 8.46. The largest absolute Gasteiger partial charge is 0.497 e. The van der Waals surface area contributed by atoms with Gasteiger partial charge in [-0.3, -0.25) is 9.80 Å². The molecule has 2 heterocycles. The monoisotopic (exact) mass is 447 g/mol. The van der Waals surface area contributed by atoms with Crippen molar-refractivity contribution >= 4 is 40.5 Å². The number of benzene rings is 2. The van der Waals surface area contributed by atoms with E-state index in [4.69, 9.17) is 33.0 Å². The summed E-state index contributed by atoms with van der Waals surface area (Å²) in [6.07, 6.45) is 2.71. The lowest BCUT2D eigenvalue weighted by molar-refractivity contribution is -0.931. The summed E-state index contributed by atoms with van der Waals surface area (Å²) in [6, 6.07) is 12.9. The third kappa shape index (κ3) is 4.26. The molecule has 1 fully saturated rings. The first-order valence-corrected chi connectivity index (χ1v) is 10.8. The van der Waals surface area contributed by atoms with Gasteiger partial charge in [-0.05, 0) is 35.9 Å². The number of hydrazone groups is 1. The number of ether oxygens (including phenoxy) is 1. The van der Waals surface area contributed by atoms with E-state index in [0.29, 0.717) is 32.5 Å². The minimum absolute atomic E-state index is 0.134. The van der Waals surface area contributed by atoms with Crippen molar-refractivity contribution in [2.24, 2.45) is 5.10 Å². The highest BCUT2D eigenvalue weighted by Crippen LogP contribution is 2.40. The zero-order valence-electron chi connectivity index (χ0n) is 17.1. The third-order valence-electron chi connectivity index (χ3n) is 5.75. The van der Waals surface area contributed by atoms with E-state index in [1.54, 1.807) is 19.2 Å². The van der Waals surface area contributed by atoms with Crippen LogP contribution in [0.15, 0.2) is 47.6 Å². The number of likely N-dealkylation sites (tertiary alicyclic amines) is 1. The SMILES string of the molecule is COc1ccc(C2CC(C(=O)N[N+]3(C)CCCC3)=NN2c2ccc(Cl)cc2Cl)cc1. The summed E-state index contributed by atoms with van der Waals surface area (Å²) in [5.74, 6) is 0.642. The van der Waals surface area contributed by atoms with Crippen molar-refractivity contribution in [2.75, 3.05) is 32.3 Å². The molecular weight excluding hydrogens is 423 g/mol. The number of halogens is 2. The Morgan fingerprint density at radius 2 is 1.87 bits per heavy atom. The Labute approximate surface area is 186 Å². The predicted molar refractivity (Wildman–Crippen MR) is 120 cm³/mol. The van der Waals surface area contributed by atoms with Crippen molar-refractivity contribution in [1.82, 2.24) is 5.43 Å². The zero-order chi connectivity index (χ0) is 21.3. The smallest absolute Gasteiger partial charge is 0.312 e. The van der Waals surface area contributed by atoms with Crippen LogP contribution in [-0.2, 0) is 4.79 Å². The van der Waals surface area contributed by atoms with Crippen LogP contribution in [0.2, 0.25) is 10.0 Å². The number of carbonyl (C=O) groups is 1. The van der Waals surface area contributed by atoms with Crippen LogP contribution >= 0.6 is 23.2 Å². The average Bonchev–Trinajstić information content (AvgIpc) is 3.35. The second-order valence-electron chi connectivity index (χ2n) is 7.97. The van der Waals surface area contributed by atoms with E-state index < -0.39 is 0 Å². The molecule has 0 aromatic heterocycles. The van der Waals surface area contributed by atoms with E-state index in [2.05, 4.69) is 12.5 Å². The Bertz CT molecular complexity index is 972. The number of nitrogens with zero attached hydrogens (tertiary/aromatic N) is 3. The molecular formula is C22H25Cl2N4O2+. The first-order valence-electron chi connectivity index (χ1n) is 10.0. The van der Waals surface area contributed by atoms with Gasteiger partial charge < -0.3 is 4.74 Å². The molecule has 2 aromatic carbocycles. The van der Waals surface area contributed by atoms with Gasteiger partial charge in [0.2, 0.25) is 0 Å². The summed E-state index contributed by atoms with van der Waals surface area (Å²) in [4.78, 5) is 13.0. The van der Waals surface area contributed by atoms with Crippen molar-refractivity contribution in [2.45, 2.75) is 25.3 Å². The highest BCUT2D eigenvalue weighted by molar-refractivity contribution is 6.40. The Morgan fingerprint density at radius 3 is 2.50 bits per heavy atom. The maximum Gasteiger partial charge on any atom is 0.312 e. The van der Waals surface area contributed by atoms with Crippen molar-refractivity contribution in [3.8, 4) is 5.75 Å². The molecule has 0 radical (unpaired) electrons. The number of quaternary nitrogens is 1. The second-order valence-corrected chi connectivity index (χ2v) is 8.81. The number of carbonyl (C=O) groups excluding carboxylic acids is 1. The molecule has 30 heavy (non-hydrogen) atoms.